The van der Waals surface area contributed by atoms with Gasteiger partial charge in [-0.15, -0.1) is 0 Å². The van der Waals surface area contributed by atoms with Crippen molar-refractivity contribution in [3.05, 3.63) is 23.8 Å². The molecule has 5 heteroatoms. The number of phenolic OH excluding ortho intramolecular Hbond substituents is 1. The number of phenols is 1. The molecule has 158 valence electrons. The standard InChI is InChI=1S/C23H38N2O3/c1-3-4-5-6-7-8-9-10-11-12-13-14-18-24-23(28)20-16-15-17-21(22(20)27)25-19(2)26/h15-17,27H,3-14,18H2,1-2H3,(H,24,28)(H,25,26). The Morgan fingerprint density at radius 3 is 1.93 bits per heavy atom. The molecule has 0 aliphatic carbocycles. The van der Waals surface area contributed by atoms with Crippen LogP contribution in [-0.2, 0) is 4.79 Å². The molecule has 1 rings (SSSR count). The summed E-state index contributed by atoms with van der Waals surface area (Å²) in [5.41, 5.74) is 0.440. The first-order chi connectivity index (χ1) is 13.6. The summed E-state index contributed by atoms with van der Waals surface area (Å²) in [7, 11) is 0. The van der Waals surface area contributed by atoms with E-state index in [4.69, 9.17) is 0 Å². The maximum absolute atomic E-state index is 12.2. The zero-order valence-electron chi connectivity index (χ0n) is 17.7. The lowest BCUT2D eigenvalue weighted by Crippen LogP contribution is -2.24. The van der Waals surface area contributed by atoms with Gasteiger partial charge in [-0.25, -0.2) is 0 Å². The minimum absolute atomic E-state index is 0.185. The largest absolute Gasteiger partial charge is 0.505 e. The summed E-state index contributed by atoms with van der Waals surface area (Å²) in [6, 6.07) is 4.76. The van der Waals surface area contributed by atoms with Crippen LogP contribution in [-0.4, -0.2) is 23.5 Å². The number of nitrogens with one attached hydrogen (secondary N) is 2. The van der Waals surface area contributed by atoms with E-state index in [1.807, 2.05) is 0 Å². The van der Waals surface area contributed by atoms with Gasteiger partial charge in [0.05, 0.1) is 11.3 Å². The van der Waals surface area contributed by atoms with E-state index in [1.54, 1.807) is 18.2 Å². The summed E-state index contributed by atoms with van der Waals surface area (Å²) in [4.78, 5) is 23.4. The van der Waals surface area contributed by atoms with Crippen LogP contribution >= 0.6 is 0 Å². The summed E-state index contributed by atoms with van der Waals surface area (Å²) in [6.07, 6.45) is 15.4. The van der Waals surface area contributed by atoms with Crippen molar-refractivity contribution in [3.63, 3.8) is 0 Å². The Balaban J connectivity index is 2.09. The van der Waals surface area contributed by atoms with Crippen molar-refractivity contribution in [2.45, 2.75) is 90.9 Å². The van der Waals surface area contributed by atoms with Crippen LogP contribution in [0.2, 0.25) is 0 Å². The third-order valence-corrected chi connectivity index (χ3v) is 4.91. The highest BCUT2D eigenvalue weighted by molar-refractivity contribution is 6.00. The summed E-state index contributed by atoms with van der Waals surface area (Å²) < 4.78 is 0. The van der Waals surface area contributed by atoms with Crippen LogP contribution in [0.15, 0.2) is 18.2 Å². The van der Waals surface area contributed by atoms with Gasteiger partial charge in [0, 0.05) is 13.5 Å². The van der Waals surface area contributed by atoms with Gasteiger partial charge in [0.1, 0.15) is 0 Å². The Labute approximate surface area is 170 Å². The Kier molecular flexibility index (Phi) is 12.8. The molecule has 1 aromatic rings. The molecule has 0 spiro atoms. The number of unbranched alkanes of at least 4 members (excludes halogenated alkanes) is 11. The number of carbonyl (C=O) groups excluding carboxylic acids is 2. The summed E-state index contributed by atoms with van der Waals surface area (Å²) in [5, 5.41) is 15.5. The molecule has 2 amide bonds. The number of hydrogen-bond acceptors (Lipinski definition) is 3. The number of anilines is 1. The molecule has 0 saturated heterocycles. The first-order valence-corrected chi connectivity index (χ1v) is 10.9. The number of para-hydroxylation sites is 1. The Bertz CT molecular complexity index is 587. The minimum atomic E-state index is -0.312. The van der Waals surface area contributed by atoms with Gasteiger partial charge in [-0.3, -0.25) is 9.59 Å². The molecule has 0 radical (unpaired) electrons. The average molecular weight is 391 g/mol. The van der Waals surface area contributed by atoms with Gasteiger partial charge in [-0.2, -0.15) is 0 Å². The predicted octanol–water partition coefficient (Wildman–Crippen LogP) is 5.78. The lowest BCUT2D eigenvalue weighted by atomic mass is 10.1. The number of aromatic hydroxyl groups is 1. The minimum Gasteiger partial charge on any atom is -0.505 e. The van der Waals surface area contributed by atoms with Crippen molar-refractivity contribution in [1.82, 2.24) is 5.32 Å². The maximum atomic E-state index is 12.2. The first-order valence-electron chi connectivity index (χ1n) is 10.9. The smallest absolute Gasteiger partial charge is 0.255 e. The molecule has 3 N–H and O–H groups in total. The van der Waals surface area contributed by atoms with Gasteiger partial charge in [0.25, 0.3) is 5.91 Å². The highest BCUT2D eigenvalue weighted by atomic mass is 16.3. The lowest BCUT2D eigenvalue weighted by Gasteiger charge is -2.10. The Morgan fingerprint density at radius 2 is 1.39 bits per heavy atom. The van der Waals surface area contributed by atoms with Crippen molar-refractivity contribution < 1.29 is 14.7 Å². The fourth-order valence-corrected chi connectivity index (χ4v) is 3.28. The van der Waals surface area contributed by atoms with E-state index in [9.17, 15) is 14.7 Å². The van der Waals surface area contributed by atoms with Gasteiger partial charge < -0.3 is 15.7 Å². The van der Waals surface area contributed by atoms with Gasteiger partial charge in [0.2, 0.25) is 5.91 Å². The average Bonchev–Trinajstić information content (AvgIpc) is 2.66. The fourth-order valence-electron chi connectivity index (χ4n) is 3.28. The molecule has 5 nitrogen and oxygen atoms in total. The molecule has 0 unspecified atom stereocenters. The van der Waals surface area contributed by atoms with Gasteiger partial charge in [0.15, 0.2) is 5.75 Å². The molecule has 0 saturated carbocycles. The normalized spacial score (nSPS) is 10.6. The van der Waals surface area contributed by atoms with Crippen LogP contribution in [0.5, 0.6) is 5.75 Å². The van der Waals surface area contributed by atoms with Crippen LogP contribution in [0.4, 0.5) is 5.69 Å². The van der Waals surface area contributed by atoms with Crippen LogP contribution in [0.25, 0.3) is 0 Å². The number of benzene rings is 1. The third-order valence-electron chi connectivity index (χ3n) is 4.91. The molecule has 1 aromatic carbocycles. The van der Waals surface area contributed by atoms with Crippen LogP contribution in [0.1, 0.15) is 101 Å². The Hall–Kier alpha value is -2.04. The highest BCUT2D eigenvalue weighted by Gasteiger charge is 2.14. The van der Waals surface area contributed by atoms with Crippen LogP contribution < -0.4 is 10.6 Å². The zero-order chi connectivity index (χ0) is 20.6. The van der Waals surface area contributed by atoms with Crippen molar-refractivity contribution in [1.29, 1.82) is 0 Å². The number of amides is 2. The molecule has 0 aliphatic heterocycles. The molecule has 0 aromatic heterocycles. The molecular weight excluding hydrogens is 352 g/mol. The van der Waals surface area contributed by atoms with E-state index in [0.29, 0.717) is 6.54 Å². The van der Waals surface area contributed by atoms with Gasteiger partial charge in [-0.1, -0.05) is 83.6 Å². The summed E-state index contributed by atoms with van der Waals surface area (Å²) in [6.45, 7) is 4.21. The SMILES string of the molecule is CCCCCCCCCCCCCCNC(=O)c1cccc(NC(C)=O)c1O. The van der Waals surface area contributed by atoms with E-state index >= 15 is 0 Å². The van der Waals surface area contributed by atoms with Crippen molar-refractivity contribution in [2.75, 3.05) is 11.9 Å². The van der Waals surface area contributed by atoms with E-state index in [2.05, 4.69) is 17.6 Å². The second-order valence-electron chi connectivity index (χ2n) is 7.53. The maximum Gasteiger partial charge on any atom is 0.255 e. The molecule has 0 bridgehead atoms. The monoisotopic (exact) mass is 390 g/mol. The first kappa shape index (κ1) is 24.0. The third kappa shape index (κ3) is 10.3. The fraction of sp³-hybridized carbons (Fsp3) is 0.652. The highest BCUT2D eigenvalue weighted by Crippen LogP contribution is 2.27. The summed E-state index contributed by atoms with van der Waals surface area (Å²) >= 11 is 0. The molecule has 0 heterocycles. The van der Waals surface area contributed by atoms with E-state index in [-0.39, 0.29) is 28.8 Å². The van der Waals surface area contributed by atoms with E-state index in [1.165, 1.54) is 71.1 Å². The zero-order valence-corrected chi connectivity index (χ0v) is 17.7. The number of carbonyl (C=O) groups is 2. The second-order valence-corrected chi connectivity index (χ2v) is 7.53. The van der Waals surface area contributed by atoms with Crippen molar-refractivity contribution >= 4 is 17.5 Å². The van der Waals surface area contributed by atoms with Crippen molar-refractivity contribution in [2.24, 2.45) is 0 Å². The number of hydrogen-bond donors (Lipinski definition) is 3. The number of rotatable bonds is 15. The Morgan fingerprint density at radius 1 is 0.857 bits per heavy atom. The van der Waals surface area contributed by atoms with Crippen molar-refractivity contribution in [3.8, 4) is 5.75 Å². The molecule has 0 aliphatic rings. The second kappa shape index (κ2) is 14.9. The van der Waals surface area contributed by atoms with E-state index in [0.717, 1.165) is 12.8 Å². The topological polar surface area (TPSA) is 78.4 Å². The predicted molar refractivity (Wildman–Crippen MR) is 116 cm³/mol. The van der Waals surface area contributed by atoms with Crippen LogP contribution in [0, 0.1) is 0 Å². The molecular formula is C23H38N2O3. The van der Waals surface area contributed by atoms with E-state index < -0.39 is 0 Å². The summed E-state index contributed by atoms with van der Waals surface area (Å²) in [5.74, 6) is -0.790. The van der Waals surface area contributed by atoms with Gasteiger partial charge >= 0.3 is 0 Å². The molecule has 0 atom stereocenters. The molecule has 0 fully saturated rings. The quantitative estimate of drug-likeness (QED) is 0.262. The molecule has 28 heavy (non-hydrogen) atoms. The van der Waals surface area contributed by atoms with Crippen LogP contribution in [0.3, 0.4) is 0 Å². The lowest BCUT2D eigenvalue weighted by molar-refractivity contribution is -0.114. The van der Waals surface area contributed by atoms with Gasteiger partial charge in [-0.05, 0) is 18.6 Å².